The molecule has 144 valence electrons. The van der Waals surface area contributed by atoms with E-state index >= 15 is 0 Å². The molecule has 3 atom stereocenters. The standard InChI is InChI=1S/C23H27N5/c24-17-10-12-18(13-11-17)28(15-22-26-19-7-1-2-8-20(19)27-22)21-9-3-5-16-6-4-14-25-23(16)21/h1-2,4,6-8,10,12,14,17-18,21H,3,5,9,11,13,15,24H2,(H,26,27)/t17-,18+,21-/m0/s1. The number of rotatable bonds is 4. The van der Waals surface area contributed by atoms with Crippen LogP contribution in [0.5, 0.6) is 0 Å². The number of nitrogens with two attached hydrogens (primary N) is 1. The number of aromatic nitrogens is 3. The van der Waals surface area contributed by atoms with Crippen molar-refractivity contribution in [2.75, 3.05) is 0 Å². The van der Waals surface area contributed by atoms with Gasteiger partial charge in [-0.25, -0.2) is 4.98 Å². The second-order valence-electron chi connectivity index (χ2n) is 8.02. The predicted molar refractivity (Wildman–Crippen MR) is 112 cm³/mol. The molecule has 0 fully saturated rings. The number of imidazole rings is 1. The number of nitrogens with one attached hydrogen (secondary N) is 1. The Morgan fingerprint density at radius 2 is 2.00 bits per heavy atom. The van der Waals surface area contributed by atoms with Crippen LogP contribution >= 0.6 is 0 Å². The molecule has 2 heterocycles. The minimum Gasteiger partial charge on any atom is -0.341 e. The molecule has 5 rings (SSSR count). The summed E-state index contributed by atoms with van der Waals surface area (Å²) in [6.45, 7) is 0.791. The minimum atomic E-state index is 0.182. The molecule has 2 aliphatic rings. The summed E-state index contributed by atoms with van der Waals surface area (Å²) < 4.78 is 0. The maximum Gasteiger partial charge on any atom is 0.121 e. The number of aromatic amines is 1. The first-order chi connectivity index (χ1) is 13.8. The molecule has 0 saturated heterocycles. The Morgan fingerprint density at radius 1 is 1.07 bits per heavy atom. The van der Waals surface area contributed by atoms with Crippen LogP contribution in [0.2, 0.25) is 0 Å². The fourth-order valence-corrected chi connectivity index (χ4v) is 4.72. The second-order valence-corrected chi connectivity index (χ2v) is 8.02. The summed E-state index contributed by atoms with van der Waals surface area (Å²) in [6, 6.07) is 13.4. The number of nitrogens with zero attached hydrogens (tertiary/aromatic N) is 3. The Labute approximate surface area is 165 Å². The molecule has 0 saturated carbocycles. The van der Waals surface area contributed by atoms with Crippen molar-refractivity contribution in [2.24, 2.45) is 5.73 Å². The molecule has 0 radical (unpaired) electrons. The molecular formula is C23H27N5. The van der Waals surface area contributed by atoms with Crippen molar-refractivity contribution in [1.29, 1.82) is 0 Å². The molecule has 5 heteroatoms. The number of fused-ring (bicyclic) bond motifs is 2. The van der Waals surface area contributed by atoms with E-state index in [4.69, 9.17) is 15.7 Å². The zero-order valence-electron chi connectivity index (χ0n) is 16.1. The summed E-state index contributed by atoms with van der Waals surface area (Å²) in [5.41, 5.74) is 10.9. The van der Waals surface area contributed by atoms with Gasteiger partial charge >= 0.3 is 0 Å². The largest absolute Gasteiger partial charge is 0.341 e. The summed E-state index contributed by atoms with van der Waals surface area (Å²) in [5, 5.41) is 0. The van der Waals surface area contributed by atoms with E-state index < -0.39 is 0 Å². The first kappa shape index (κ1) is 17.6. The van der Waals surface area contributed by atoms with Crippen molar-refractivity contribution in [2.45, 2.75) is 56.8 Å². The monoisotopic (exact) mass is 373 g/mol. The molecular weight excluding hydrogens is 346 g/mol. The van der Waals surface area contributed by atoms with Gasteiger partial charge in [0, 0.05) is 18.3 Å². The van der Waals surface area contributed by atoms with Crippen molar-refractivity contribution in [3.63, 3.8) is 0 Å². The van der Waals surface area contributed by atoms with E-state index in [1.807, 2.05) is 12.3 Å². The Bertz CT molecular complexity index is 958. The first-order valence-corrected chi connectivity index (χ1v) is 10.3. The number of para-hydroxylation sites is 2. The molecule has 0 spiro atoms. The Balaban J connectivity index is 1.51. The molecule has 2 aliphatic carbocycles. The van der Waals surface area contributed by atoms with Crippen LogP contribution in [0.4, 0.5) is 0 Å². The Hall–Kier alpha value is -2.50. The first-order valence-electron chi connectivity index (χ1n) is 10.3. The molecule has 28 heavy (non-hydrogen) atoms. The van der Waals surface area contributed by atoms with Gasteiger partial charge in [-0.2, -0.15) is 0 Å². The quantitative estimate of drug-likeness (QED) is 0.681. The maximum atomic E-state index is 6.12. The maximum absolute atomic E-state index is 6.12. The zero-order valence-corrected chi connectivity index (χ0v) is 16.1. The highest BCUT2D eigenvalue weighted by molar-refractivity contribution is 5.74. The third kappa shape index (κ3) is 3.36. The van der Waals surface area contributed by atoms with E-state index in [0.717, 1.165) is 49.1 Å². The number of hydrogen-bond acceptors (Lipinski definition) is 4. The van der Waals surface area contributed by atoms with Gasteiger partial charge in [0.25, 0.3) is 0 Å². The molecule has 0 bridgehead atoms. The lowest BCUT2D eigenvalue weighted by molar-refractivity contribution is 0.118. The Kier molecular flexibility index (Phi) is 4.71. The highest BCUT2D eigenvalue weighted by Gasteiger charge is 2.32. The van der Waals surface area contributed by atoms with Gasteiger partial charge in [-0.3, -0.25) is 9.88 Å². The van der Waals surface area contributed by atoms with Crippen molar-refractivity contribution >= 4 is 11.0 Å². The lowest BCUT2D eigenvalue weighted by Gasteiger charge is -2.40. The molecule has 2 aromatic heterocycles. The van der Waals surface area contributed by atoms with Gasteiger partial charge in [0.2, 0.25) is 0 Å². The van der Waals surface area contributed by atoms with E-state index in [2.05, 4.69) is 52.4 Å². The summed E-state index contributed by atoms with van der Waals surface area (Å²) in [7, 11) is 0. The normalized spacial score (nSPS) is 24.6. The summed E-state index contributed by atoms with van der Waals surface area (Å²) in [5.74, 6) is 1.02. The third-order valence-electron chi connectivity index (χ3n) is 6.14. The van der Waals surface area contributed by atoms with E-state index in [0.29, 0.717) is 12.1 Å². The van der Waals surface area contributed by atoms with Gasteiger partial charge in [0.15, 0.2) is 0 Å². The number of hydrogen-bond donors (Lipinski definition) is 2. The van der Waals surface area contributed by atoms with Crippen LogP contribution in [0.15, 0.2) is 54.7 Å². The molecule has 3 N–H and O–H groups in total. The number of pyridine rings is 1. The average molecular weight is 374 g/mol. The smallest absolute Gasteiger partial charge is 0.121 e. The fraction of sp³-hybridized carbons (Fsp3) is 0.391. The predicted octanol–water partition coefficient (Wildman–Crippen LogP) is 3.88. The zero-order chi connectivity index (χ0) is 18.9. The lowest BCUT2D eigenvalue weighted by Crippen LogP contribution is -2.41. The van der Waals surface area contributed by atoms with Gasteiger partial charge in [-0.1, -0.05) is 30.4 Å². The lowest BCUT2D eigenvalue weighted by atomic mass is 9.88. The van der Waals surface area contributed by atoms with Gasteiger partial charge in [-0.15, -0.1) is 0 Å². The van der Waals surface area contributed by atoms with E-state index in [9.17, 15) is 0 Å². The number of benzene rings is 1. The van der Waals surface area contributed by atoms with E-state index in [1.54, 1.807) is 0 Å². The van der Waals surface area contributed by atoms with Crippen molar-refractivity contribution in [1.82, 2.24) is 19.9 Å². The SMILES string of the molecule is N[C@H]1C=C[C@@H](N(Cc2nc3ccccc3[nH]2)[C@H]2CCCc3cccnc32)CC1. The fourth-order valence-electron chi connectivity index (χ4n) is 4.72. The van der Waals surface area contributed by atoms with Crippen molar-refractivity contribution in [3.8, 4) is 0 Å². The summed E-state index contributed by atoms with van der Waals surface area (Å²) >= 11 is 0. The molecule has 0 aliphatic heterocycles. The second kappa shape index (κ2) is 7.49. The number of aryl methyl sites for hydroxylation is 1. The van der Waals surface area contributed by atoms with Crippen LogP contribution in [-0.4, -0.2) is 31.9 Å². The van der Waals surface area contributed by atoms with Crippen LogP contribution in [-0.2, 0) is 13.0 Å². The van der Waals surface area contributed by atoms with Crippen LogP contribution in [0, 0.1) is 0 Å². The topological polar surface area (TPSA) is 70.8 Å². The van der Waals surface area contributed by atoms with Crippen molar-refractivity contribution < 1.29 is 0 Å². The van der Waals surface area contributed by atoms with Crippen LogP contribution in [0.3, 0.4) is 0 Å². The number of H-pyrrole nitrogens is 1. The van der Waals surface area contributed by atoms with Gasteiger partial charge in [-0.05, 0) is 55.9 Å². The molecule has 5 nitrogen and oxygen atoms in total. The van der Waals surface area contributed by atoms with Crippen LogP contribution in [0.25, 0.3) is 11.0 Å². The summed E-state index contributed by atoms with van der Waals surface area (Å²) in [6.07, 6.45) is 12.0. The highest BCUT2D eigenvalue weighted by atomic mass is 15.2. The highest BCUT2D eigenvalue weighted by Crippen LogP contribution is 2.36. The van der Waals surface area contributed by atoms with Crippen molar-refractivity contribution in [3.05, 3.63) is 71.8 Å². The molecule has 0 unspecified atom stereocenters. The average Bonchev–Trinajstić information content (AvgIpc) is 3.15. The summed E-state index contributed by atoms with van der Waals surface area (Å²) in [4.78, 5) is 15.7. The van der Waals surface area contributed by atoms with Crippen LogP contribution < -0.4 is 5.73 Å². The molecule has 0 amide bonds. The van der Waals surface area contributed by atoms with Gasteiger partial charge in [0.1, 0.15) is 5.82 Å². The van der Waals surface area contributed by atoms with E-state index in [1.165, 1.54) is 17.7 Å². The van der Waals surface area contributed by atoms with E-state index in [-0.39, 0.29) is 6.04 Å². The molecule has 1 aromatic carbocycles. The molecule has 3 aromatic rings. The Morgan fingerprint density at radius 3 is 2.86 bits per heavy atom. The van der Waals surface area contributed by atoms with Crippen LogP contribution in [0.1, 0.15) is 48.8 Å². The van der Waals surface area contributed by atoms with Gasteiger partial charge in [0.05, 0.1) is 29.3 Å². The minimum absolute atomic E-state index is 0.182. The third-order valence-corrected chi connectivity index (χ3v) is 6.14. The van der Waals surface area contributed by atoms with Gasteiger partial charge < -0.3 is 10.7 Å².